The van der Waals surface area contributed by atoms with E-state index in [9.17, 15) is 18.0 Å². The van der Waals surface area contributed by atoms with Crippen molar-refractivity contribution in [3.63, 3.8) is 0 Å². The van der Waals surface area contributed by atoms with Crippen molar-refractivity contribution >= 4 is 27.5 Å². The lowest BCUT2D eigenvalue weighted by Gasteiger charge is -2.35. The molecule has 1 aliphatic carbocycles. The van der Waals surface area contributed by atoms with E-state index in [1.54, 1.807) is 30.3 Å². The molecular weight excluding hydrogens is 627 g/mol. The molecule has 1 aliphatic rings. The number of methoxy groups -OCH3 is 2. The minimum absolute atomic E-state index is 0.00756. The summed E-state index contributed by atoms with van der Waals surface area (Å²) >= 11 is 0. The van der Waals surface area contributed by atoms with E-state index in [1.807, 2.05) is 60.7 Å². The molecule has 4 aromatic carbocycles. The predicted octanol–water partition coefficient (Wildman–Crippen LogP) is 5.99. The minimum atomic E-state index is -4.29. The van der Waals surface area contributed by atoms with Gasteiger partial charge in [0.1, 0.15) is 24.1 Å². The molecule has 1 N–H and O–H groups in total. The zero-order valence-corrected chi connectivity index (χ0v) is 28.3. The minimum Gasteiger partial charge on any atom is -0.497 e. The highest BCUT2D eigenvalue weighted by atomic mass is 32.2. The Bertz CT molecular complexity index is 1750. The number of nitrogens with one attached hydrogen (secondary N) is 1. The lowest BCUT2D eigenvalue weighted by molar-refractivity contribution is -0.140. The van der Waals surface area contributed by atoms with Crippen LogP contribution in [0.1, 0.15) is 43.2 Å². The zero-order valence-electron chi connectivity index (χ0n) is 27.5. The van der Waals surface area contributed by atoms with Crippen molar-refractivity contribution in [2.45, 2.75) is 62.0 Å². The summed E-state index contributed by atoms with van der Waals surface area (Å²) in [6.07, 6.45) is 5.24. The monoisotopic (exact) mass is 669 g/mol. The molecule has 0 saturated heterocycles. The molecule has 1 unspecified atom stereocenters. The second kappa shape index (κ2) is 16.3. The molecule has 252 valence electrons. The van der Waals surface area contributed by atoms with Crippen LogP contribution in [0.15, 0.2) is 114 Å². The number of rotatable bonds is 14. The summed E-state index contributed by atoms with van der Waals surface area (Å²) < 4.78 is 40.8. The van der Waals surface area contributed by atoms with Crippen molar-refractivity contribution in [2.24, 2.45) is 0 Å². The van der Waals surface area contributed by atoms with Gasteiger partial charge in [-0.05, 0) is 48.2 Å². The Morgan fingerprint density at radius 3 is 2.00 bits per heavy atom. The van der Waals surface area contributed by atoms with Crippen LogP contribution in [-0.2, 0) is 32.6 Å². The van der Waals surface area contributed by atoms with Crippen LogP contribution in [0.5, 0.6) is 11.5 Å². The molecule has 1 atom stereocenters. The second-order valence-electron chi connectivity index (χ2n) is 11.9. The van der Waals surface area contributed by atoms with Crippen LogP contribution in [0.4, 0.5) is 5.69 Å². The normalized spacial score (nSPS) is 14.0. The Labute approximate surface area is 283 Å². The molecule has 0 heterocycles. The summed E-state index contributed by atoms with van der Waals surface area (Å²) in [7, 11) is -1.37. The van der Waals surface area contributed by atoms with Gasteiger partial charge < -0.3 is 19.7 Å². The number of sulfonamides is 1. The fourth-order valence-electron chi connectivity index (χ4n) is 6.10. The molecule has 4 aromatic rings. The van der Waals surface area contributed by atoms with E-state index in [0.717, 1.165) is 47.5 Å². The van der Waals surface area contributed by atoms with Crippen LogP contribution in [0.2, 0.25) is 0 Å². The van der Waals surface area contributed by atoms with Gasteiger partial charge in [0.25, 0.3) is 10.0 Å². The first-order chi connectivity index (χ1) is 23.3. The van der Waals surface area contributed by atoms with Gasteiger partial charge in [-0.3, -0.25) is 13.9 Å². The molecule has 0 radical (unpaired) electrons. The standard InChI is InChI=1S/C38H43N3O6S/c1-46-32-23-24-36(47-2)34(26-32)41(48(44,45)33-21-13-6-14-22-33)28-37(42)40(27-30-17-9-4-10-18-30)35(25-29-15-7-3-8-16-29)38(43)39-31-19-11-5-12-20-31/h3-4,6-10,13-18,21-24,26,31,35H,5,11-12,19-20,25,27-28H2,1-2H3,(H,39,43). The van der Waals surface area contributed by atoms with Gasteiger partial charge in [-0.15, -0.1) is 0 Å². The molecule has 10 heteroatoms. The maximum atomic E-state index is 14.8. The number of nitrogens with zero attached hydrogens (tertiary/aromatic N) is 2. The number of ether oxygens (including phenoxy) is 2. The van der Waals surface area contributed by atoms with E-state index in [1.165, 1.54) is 37.3 Å². The average Bonchev–Trinajstić information content (AvgIpc) is 3.13. The molecule has 2 amide bonds. The van der Waals surface area contributed by atoms with E-state index in [0.29, 0.717) is 5.75 Å². The van der Waals surface area contributed by atoms with Crippen LogP contribution < -0.4 is 19.1 Å². The lowest BCUT2D eigenvalue weighted by Crippen LogP contribution is -2.55. The Kier molecular flexibility index (Phi) is 11.7. The number of hydrogen-bond acceptors (Lipinski definition) is 6. The van der Waals surface area contributed by atoms with Crippen molar-refractivity contribution < 1.29 is 27.5 Å². The van der Waals surface area contributed by atoms with E-state index in [4.69, 9.17) is 9.47 Å². The first-order valence-electron chi connectivity index (χ1n) is 16.3. The summed E-state index contributed by atoms with van der Waals surface area (Å²) in [4.78, 5) is 30.5. The molecule has 1 saturated carbocycles. The lowest BCUT2D eigenvalue weighted by atomic mass is 9.94. The highest BCUT2D eigenvalue weighted by Crippen LogP contribution is 2.36. The van der Waals surface area contributed by atoms with E-state index < -0.39 is 28.5 Å². The fourth-order valence-corrected chi connectivity index (χ4v) is 7.54. The fraction of sp³-hybridized carbons (Fsp3) is 0.316. The number of amides is 2. The molecule has 1 fully saturated rings. The van der Waals surface area contributed by atoms with E-state index in [-0.39, 0.29) is 41.2 Å². The topological polar surface area (TPSA) is 105 Å². The highest BCUT2D eigenvalue weighted by Gasteiger charge is 2.36. The summed E-state index contributed by atoms with van der Waals surface area (Å²) in [5.41, 5.74) is 1.83. The Morgan fingerprint density at radius 1 is 0.792 bits per heavy atom. The summed E-state index contributed by atoms with van der Waals surface area (Å²) in [5.74, 6) is -0.163. The maximum absolute atomic E-state index is 14.8. The molecular formula is C38H43N3O6S. The average molecular weight is 670 g/mol. The van der Waals surface area contributed by atoms with Gasteiger partial charge >= 0.3 is 0 Å². The largest absolute Gasteiger partial charge is 0.497 e. The van der Waals surface area contributed by atoms with Crippen molar-refractivity contribution in [3.8, 4) is 11.5 Å². The number of hydrogen-bond donors (Lipinski definition) is 1. The van der Waals surface area contributed by atoms with Crippen LogP contribution >= 0.6 is 0 Å². The summed E-state index contributed by atoms with van der Waals surface area (Å²) in [5, 5.41) is 3.23. The van der Waals surface area contributed by atoms with Gasteiger partial charge in [0.15, 0.2) is 0 Å². The van der Waals surface area contributed by atoms with Crippen LogP contribution in [-0.4, -0.2) is 58.0 Å². The maximum Gasteiger partial charge on any atom is 0.264 e. The molecule has 9 nitrogen and oxygen atoms in total. The summed E-state index contributed by atoms with van der Waals surface area (Å²) in [6, 6.07) is 30.8. The number of carbonyl (C=O) groups is 2. The van der Waals surface area contributed by atoms with Gasteiger partial charge in [-0.25, -0.2) is 8.42 Å². The predicted molar refractivity (Wildman–Crippen MR) is 186 cm³/mol. The van der Waals surface area contributed by atoms with Crippen molar-refractivity contribution in [3.05, 3.63) is 120 Å². The number of anilines is 1. The van der Waals surface area contributed by atoms with Crippen molar-refractivity contribution in [1.29, 1.82) is 0 Å². The van der Waals surface area contributed by atoms with E-state index >= 15 is 0 Å². The van der Waals surface area contributed by atoms with Crippen molar-refractivity contribution in [1.82, 2.24) is 10.2 Å². The number of carbonyl (C=O) groups excluding carboxylic acids is 2. The van der Waals surface area contributed by atoms with Gasteiger partial charge in [0.05, 0.1) is 24.8 Å². The Hall–Kier alpha value is -4.83. The molecule has 48 heavy (non-hydrogen) atoms. The Balaban J connectivity index is 1.59. The second-order valence-corrected chi connectivity index (χ2v) is 13.8. The van der Waals surface area contributed by atoms with Gasteiger partial charge in [0, 0.05) is 25.1 Å². The van der Waals surface area contributed by atoms with E-state index in [2.05, 4.69) is 5.32 Å². The van der Waals surface area contributed by atoms with Crippen LogP contribution in [0.3, 0.4) is 0 Å². The SMILES string of the molecule is COc1ccc(OC)c(N(CC(=O)N(Cc2ccccc2)C(Cc2ccccc2)C(=O)NC2CCCCC2)S(=O)(=O)c2ccccc2)c1. The third kappa shape index (κ3) is 8.55. The third-order valence-electron chi connectivity index (χ3n) is 8.68. The molecule has 5 rings (SSSR count). The summed E-state index contributed by atoms with van der Waals surface area (Å²) in [6.45, 7) is -0.487. The highest BCUT2D eigenvalue weighted by molar-refractivity contribution is 7.92. The van der Waals surface area contributed by atoms with Gasteiger partial charge in [-0.1, -0.05) is 98.1 Å². The van der Waals surface area contributed by atoms with Gasteiger partial charge in [-0.2, -0.15) is 0 Å². The van der Waals surface area contributed by atoms with Crippen LogP contribution in [0, 0.1) is 0 Å². The molecule has 0 bridgehead atoms. The van der Waals surface area contributed by atoms with Crippen molar-refractivity contribution in [2.75, 3.05) is 25.1 Å². The quantitative estimate of drug-likeness (QED) is 0.177. The first kappa shape index (κ1) is 34.5. The molecule has 0 aliphatic heterocycles. The smallest absolute Gasteiger partial charge is 0.264 e. The first-order valence-corrected chi connectivity index (χ1v) is 17.7. The molecule has 0 aromatic heterocycles. The Morgan fingerprint density at radius 2 is 1.40 bits per heavy atom. The third-order valence-corrected chi connectivity index (χ3v) is 10.5. The van der Waals surface area contributed by atoms with Crippen LogP contribution in [0.25, 0.3) is 0 Å². The molecule has 0 spiro atoms. The number of benzene rings is 4. The van der Waals surface area contributed by atoms with Gasteiger partial charge in [0.2, 0.25) is 11.8 Å². The zero-order chi connectivity index (χ0) is 33.9.